The van der Waals surface area contributed by atoms with E-state index < -0.39 is 0 Å². The zero-order valence-electron chi connectivity index (χ0n) is 13.8. The Balaban J connectivity index is 3.02. The van der Waals surface area contributed by atoms with Crippen LogP contribution in [0.25, 0.3) is 0 Å². The maximum Gasteiger partial charge on any atom is 0.281 e. The lowest BCUT2D eigenvalue weighted by Gasteiger charge is -2.42. The maximum absolute atomic E-state index is 12.6. The zero-order valence-corrected chi connectivity index (χ0v) is 14.6. The highest BCUT2D eigenvalue weighted by Crippen LogP contribution is 2.27. The molecule has 0 aliphatic heterocycles. The molecule has 0 saturated carbocycles. The van der Waals surface area contributed by atoms with Crippen LogP contribution in [0.2, 0.25) is 0 Å². The molecule has 0 spiro atoms. The molecule has 0 aliphatic rings. The van der Waals surface area contributed by atoms with E-state index in [9.17, 15) is 4.79 Å². The second kappa shape index (κ2) is 7.18. The Hall–Kier alpha value is -1.20. The molecular formula is C16H26N2O2S. The van der Waals surface area contributed by atoms with Crippen molar-refractivity contribution in [1.82, 2.24) is 0 Å². The van der Waals surface area contributed by atoms with Crippen LogP contribution in [0.15, 0.2) is 12.1 Å². The zero-order chi connectivity index (χ0) is 16.2. The number of rotatable bonds is 6. The first-order valence-corrected chi connectivity index (χ1v) is 7.58. The summed E-state index contributed by atoms with van der Waals surface area (Å²) in [6.45, 7) is 6.00. The van der Waals surface area contributed by atoms with Crippen molar-refractivity contribution in [2.45, 2.75) is 39.7 Å². The largest absolute Gasteiger partial charge is 0.497 e. The number of quaternary nitrogens is 1. The van der Waals surface area contributed by atoms with Gasteiger partial charge in [-0.25, -0.2) is 0 Å². The lowest BCUT2D eigenvalue weighted by Crippen LogP contribution is -2.50. The quantitative estimate of drug-likeness (QED) is 0.648. The molecular weight excluding hydrogens is 284 g/mol. The van der Waals surface area contributed by atoms with Crippen LogP contribution < -0.4 is 10.1 Å². The number of carbonyl (C=O) groups is 1. The normalized spacial score (nSPS) is 12.9. The third-order valence-electron chi connectivity index (χ3n) is 3.61. The van der Waals surface area contributed by atoms with Crippen molar-refractivity contribution >= 4 is 24.4 Å². The second-order valence-electron chi connectivity index (χ2n) is 5.86. The molecule has 1 aromatic carbocycles. The van der Waals surface area contributed by atoms with Gasteiger partial charge in [0.2, 0.25) is 0 Å². The molecule has 1 N–H and O–H groups in total. The average Bonchev–Trinajstić information content (AvgIpc) is 2.38. The van der Waals surface area contributed by atoms with E-state index in [1.165, 1.54) is 0 Å². The fourth-order valence-corrected chi connectivity index (χ4v) is 2.64. The van der Waals surface area contributed by atoms with Crippen molar-refractivity contribution < 1.29 is 13.4 Å². The summed E-state index contributed by atoms with van der Waals surface area (Å²) in [5.74, 6) is 0.778. The smallest absolute Gasteiger partial charge is 0.281 e. The number of hydrogen-bond donors (Lipinski definition) is 1. The lowest BCUT2D eigenvalue weighted by atomic mass is 10.1. The summed E-state index contributed by atoms with van der Waals surface area (Å²) in [4.78, 5) is 12.6. The van der Waals surface area contributed by atoms with E-state index >= 15 is 0 Å². The van der Waals surface area contributed by atoms with Gasteiger partial charge in [-0.2, -0.15) is 0 Å². The van der Waals surface area contributed by atoms with Crippen LogP contribution in [0.4, 0.5) is 5.69 Å². The van der Waals surface area contributed by atoms with Gasteiger partial charge in [0.05, 0.1) is 21.2 Å². The van der Waals surface area contributed by atoms with Gasteiger partial charge in [0.25, 0.3) is 5.91 Å². The second-order valence-corrected chi connectivity index (χ2v) is 6.81. The highest BCUT2D eigenvalue weighted by Gasteiger charge is 2.27. The van der Waals surface area contributed by atoms with E-state index in [0.717, 1.165) is 35.4 Å². The van der Waals surface area contributed by atoms with E-state index in [1.807, 2.05) is 40.1 Å². The Labute approximate surface area is 133 Å². The van der Waals surface area contributed by atoms with Crippen molar-refractivity contribution in [3.63, 3.8) is 0 Å². The van der Waals surface area contributed by atoms with Crippen molar-refractivity contribution in [1.29, 1.82) is 0 Å². The molecule has 1 unspecified atom stereocenters. The standard InChI is InChI=1S/C16H26N2O2S/c1-7-8-14(18(4,5)21)16(19)17-15-11(2)9-13(20-6)10-12(15)3/h9-10,14H,7-8H2,1-6H3,(H,17,19). The van der Waals surface area contributed by atoms with E-state index in [2.05, 4.69) is 12.2 Å². The number of likely N-dealkylation sites (N-methyl/N-ethyl adjacent to an activating group) is 1. The molecule has 1 atom stereocenters. The first-order valence-electron chi connectivity index (χ1n) is 7.21. The molecule has 118 valence electrons. The van der Waals surface area contributed by atoms with Gasteiger partial charge in [0.1, 0.15) is 5.75 Å². The van der Waals surface area contributed by atoms with Crippen LogP contribution in [0, 0.1) is 13.8 Å². The summed E-state index contributed by atoms with van der Waals surface area (Å²) in [7, 11) is 5.40. The number of carbonyl (C=O) groups excluding carboxylic acids is 1. The van der Waals surface area contributed by atoms with Gasteiger partial charge in [0, 0.05) is 12.1 Å². The average molecular weight is 310 g/mol. The Morgan fingerprint density at radius 1 is 1.33 bits per heavy atom. The molecule has 0 fully saturated rings. The third kappa shape index (κ3) is 4.64. The minimum Gasteiger partial charge on any atom is -0.497 e. The number of benzene rings is 1. The number of ether oxygens (including phenoxy) is 1. The summed E-state index contributed by atoms with van der Waals surface area (Å²) in [5.41, 5.74) is 2.83. The molecule has 1 aromatic rings. The van der Waals surface area contributed by atoms with Crippen LogP contribution in [-0.2, 0) is 17.6 Å². The van der Waals surface area contributed by atoms with E-state index in [0.29, 0.717) is 0 Å². The topological polar surface area (TPSA) is 38.3 Å². The molecule has 0 radical (unpaired) electrons. The van der Waals surface area contributed by atoms with Crippen molar-refractivity contribution in [2.24, 2.45) is 0 Å². The summed E-state index contributed by atoms with van der Waals surface area (Å²) in [5, 5.41) is 3.04. The minimum absolute atomic E-state index is 0.0202. The minimum atomic E-state index is -0.231. The summed E-state index contributed by atoms with van der Waals surface area (Å²) in [6.07, 6.45) is 1.70. The van der Waals surface area contributed by atoms with Gasteiger partial charge >= 0.3 is 0 Å². The molecule has 0 saturated heterocycles. The van der Waals surface area contributed by atoms with Gasteiger partial charge in [-0.05, 0) is 37.1 Å². The molecule has 1 amide bonds. The highest BCUT2D eigenvalue weighted by molar-refractivity contribution is 7.52. The number of nitrogens with one attached hydrogen (secondary N) is 1. The highest BCUT2D eigenvalue weighted by atomic mass is 32.1. The molecule has 0 bridgehead atoms. The van der Waals surface area contributed by atoms with E-state index in [4.69, 9.17) is 17.6 Å². The van der Waals surface area contributed by atoms with E-state index in [-0.39, 0.29) is 15.8 Å². The SMILES string of the molecule is CCCC(C(=O)Nc1c(C)cc(OC)cc1C)[N+](C)(C)[S-]. The van der Waals surface area contributed by atoms with Gasteiger partial charge in [0.15, 0.2) is 6.04 Å². The Bertz CT molecular complexity index is 486. The number of methoxy groups -OCH3 is 1. The number of hydrogen-bond acceptors (Lipinski definition) is 3. The molecule has 1 rings (SSSR count). The summed E-state index contributed by atoms with van der Waals surface area (Å²) in [6, 6.07) is 3.61. The Morgan fingerprint density at radius 2 is 1.86 bits per heavy atom. The lowest BCUT2D eigenvalue weighted by molar-refractivity contribution is -0.768. The van der Waals surface area contributed by atoms with Gasteiger partial charge < -0.3 is 26.8 Å². The molecule has 5 heteroatoms. The molecule has 0 aliphatic carbocycles. The van der Waals surface area contributed by atoms with Crippen LogP contribution in [0.3, 0.4) is 0 Å². The molecule has 21 heavy (non-hydrogen) atoms. The first-order chi connectivity index (χ1) is 9.70. The fraction of sp³-hybridized carbons (Fsp3) is 0.562. The molecule has 0 aromatic heterocycles. The van der Waals surface area contributed by atoms with Crippen LogP contribution in [0.1, 0.15) is 30.9 Å². The Kier molecular flexibility index (Phi) is 6.10. The number of aryl methyl sites for hydroxylation is 2. The number of amides is 1. The molecule has 0 heterocycles. The van der Waals surface area contributed by atoms with Crippen molar-refractivity contribution in [2.75, 3.05) is 26.5 Å². The maximum atomic E-state index is 12.6. The summed E-state index contributed by atoms with van der Waals surface area (Å²) >= 11 is 5.43. The van der Waals surface area contributed by atoms with Crippen LogP contribution in [0.5, 0.6) is 5.75 Å². The Morgan fingerprint density at radius 3 is 2.24 bits per heavy atom. The molecule has 4 nitrogen and oxygen atoms in total. The number of nitrogens with zero attached hydrogens (tertiary/aromatic N) is 1. The van der Waals surface area contributed by atoms with Gasteiger partial charge in [-0.3, -0.25) is 4.79 Å². The van der Waals surface area contributed by atoms with Crippen LogP contribution in [-0.4, -0.2) is 37.0 Å². The monoisotopic (exact) mass is 310 g/mol. The number of anilines is 1. The van der Waals surface area contributed by atoms with Crippen molar-refractivity contribution in [3.05, 3.63) is 23.3 Å². The summed E-state index contributed by atoms with van der Waals surface area (Å²) < 4.78 is 5.46. The van der Waals surface area contributed by atoms with Crippen molar-refractivity contribution in [3.8, 4) is 5.75 Å². The van der Waals surface area contributed by atoms with Gasteiger partial charge in [-0.1, -0.05) is 13.3 Å². The fourth-order valence-electron chi connectivity index (χ4n) is 2.44. The predicted molar refractivity (Wildman–Crippen MR) is 89.3 cm³/mol. The predicted octanol–water partition coefficient (Wildman–Crippen LogP) is 2.96. The third-order valence-corrected chi connectivity index (χ3v) is 3.86. The van der Waals surface area contributed by atoms with Crippen LogP contribution >= 0.6 is 0 Å². The first kappa shape index (κ1) is 17.9. The van der Waals surface area contributed by atoms with E-state index in [1.54, 1.807) is 7.11 Å². The van der Waals surface area contributed by atoms with Gasteiger partial charge in [-0.15, -0.1) is 0 Å².